The fourth-order valence-corrected chi connectivity index (χ4v) is 3.47. The number of carboxylic acids is 1. The quantitative estimate of drug-likeness (QED) is 0.770. The lowest BCUT2D eigenvalue weighted by Gasteiger charge is -2.37. The molecule has 1 saturated heterocycles. The summed E-state index contributed by atoms with van der Waals surface area (Å²) < 4.78 is 2.00. The predicted octanol–water partition coefficient (Wildman–Crippen LogP) is 1.60. The standard InChI is InChI=1S/C19H21N5O2/c1-22-10-11-23(13-16(22)18(25)26)12-15-17(14-6-3-2-4-7-14)21-19-20-8-5-9-24(15)19/h2-9,16H,10-13H2,1H3,(H,25,26). The second-order valence-corrected chi connectivity index (χ2v) is 6.63. The number of carboxylic acid groups (broad SMARTS) is 1. The molecule has 0 saturated carbocycles. The second kappa shape index (κ2) is 6.86. The van der Waals surface area contributed by atoms with Crippen LogP contribution in [0.3, 0.4) is 0 Å². The Kier molecular flexibility index (Phi) is 4.40. The number of fused-ring (bicyclic) bond motifs is 1. The van der Waals surface area contributed by atoms with E-state index in [4.69, 9.17) is 4.98 Å². The molecule has 1 fully saturated rings. The molecule has 7 nitrogen and oxygen atoms in total. The minimum Gasteiger partial charge on any atom is -0.480 e. The number of piperazine rings is 1. The number of rotatable bonds is 4. The molecular weight excluding hydrogens is 330 g/mol. The van der Waals surface area contributed by atoms with Crippen LogP contribution in [0.15, 0.2) is 48.8 Å². The molecule has 0 spiro atoms. The average molecular weight is 351 g/mol. The minimum absolute atomic E-state index is 0.485. The van der Waals surface area contributed by atoms with Gasteiger partial charge in [0, 0.05) is 44.1 Å². The second-order valence-electron chi connectivity index (χ2n) is 6.63. The molecule has 3 heterocycles. The van der Waals surface area contributed by atoms with E-state index in [1.165, 1.54) is 0 Å². The molecule has 0 amide bonds. The number of hydrogen-bond donors (Lipinski definition) is 1. The maximum Gasteiger partial charge on any atom is 0.322 e. The van der Waals surface area contributed by atoms with E-state index in [1.807, 2.05) is 58.9 Å². The van der Waals surface area contributed by atoms with Crippen molar-refractivity contribution in [1.82, 2.24) is 24.2 Å². The normalized spacial score (nSPS) is 19.0. The summed E-state index contributed by atoms with van der Waals surface area (Å²) in [6.07, 6.45) is 3.69. The zero-order chi connectivity index (χ0) is 18.1. The van der Waals surface area contributed by atoms with Gasteiger partial charge >= 0.3 is 5.97 Å². The highest BCUT2D eigenvalue weighted by Gasteiger charge is 2.30. The first kappa shape index (κ1) is 16.7. The van der Waals surface area contributed by atoms with Crippen molar-refractivity contribution in [2.24, 2.45) is 0 Å². The Morgan fingerprint density at radius 3 is 2.81 bits per heavy atom. The van der Waals surface area contributed by atoms with E-state index in [1.54, 1.807) is 6.20 Å². The van der Waals surface area contributed by atoms with Gasteiger partial charge in [-0.1, -0.05) is 30.3 Å². The molecule has 0 bridgehead atoms. The molecule has 1 aliphatic heterocycles. The highest BCUT2D eigenvalue weighted by atomic mass is 16.4. The van der Waals surface area contributed by atoms with E-state index in [0.717, 1.165) is 30.0 Å². The zero-order valence-corrected chi connectivity index (χ0v) is 14.6. The van der Waals surface area contributed by atoms with Crippen LogP contribution in [0.2, 0.25) is 0 Å². The topological polar surface area (TPSA) is 74.0 Å². The maximum atomic E-state index is 11.5. The summed E-state index contributed by atoms with van der Waals surface area (Å²) in [5.74, 6) is -0.120. The van der Waals surface area contributed by atoms with Gasteiger partial charge in [0.15, 0.2) is 0 Å². The van der Waals surface area contributed by atoms with E-state index >= 15 is 0 Å². The van der Waals surface area contributed by atoms with Crippen molar-refractivity contribution in [1.29, 1.82) is 0 Å². The number of aliphatic carboxylic acids is 1. The molecule has 7 heteroatoms. The maximum absolute atomic E-state index is 11.5. The van der Waals surface area contributed by atoms with Crippen LogP contribution in [0.25, 0.3) is 17.0 Å². The monoisotopic (exact) mass is 351 g/mol. The van der Waals surface area contributed by atoms with Crippen LogP contribution in [0, 0.1) is 0 Å². The third-order valence-corrected chi connectivity index (χ3v) is 4.94. The lowest BCUT2D eigenvalue weighted by Crippen LogP contribution is -2.54. The molecule has 1 unspecified atom stereocenters. The summed E-state index contributed by atoms with van der Waals surface area (Å²) in [7, 11) is 1.86. The van der Waals surface area contributed by atoms with Gasteiger partial charge in [0.1, 0.15) is 6.04 Å². The van der Waals surface area contributed by atoms with Crippen LogP contribution >= 0.6 is 0 Å². The summed E-state index contributed by atoms with van der Waals surface area (Å²) in [4.78, 5) is 24.7. The van der Waals surface area contributed by atoms with Crippen LogP contribution in [0.5, 0.6) is 0 Å². The molecule has 1 N–H and O–H groups in total. The van der Waals surface area contributed by atoms with Crippen LogP contribution in [-0.4, -0.2) is 68.0 Å². The number of carbonyl (C=O) groups is 1. The molecule has 1 aromatic carbocycles. The van der Waals surface area contributed by atoms with Crippen molar-refractivity contribution in [3.05, 3.63) is 54.5 Å². The number of hydrogen-bond acceptors (Lipinski definition) is 5. The van der Waals surface area contributed by atoms with Crippen molar-refractivity contribution < 1.29 is 9.90 Å². The predicted molar refractivity (Wildman–Crippen MR) is 97.8 cm³/mol. The van der Waals surface area contributed by atoms with Gasteiger partial charge in [-0.15, -0.1) is 0 Å². The lowest BCUT2D eigenvalue weighted by atomic mass is 10.1. The molecule has 0 aliphatic carbocycles. The molecular formula is C19H21N5O2. The SMILES string of the molecule is CN1CCN(Cc2c(-c3ccccc3)nc3ncccn23)CC1C(=O)O. The molecule has 1 atom stereocenters. The first-order chi connectivity index (χ1) is 12.6. The number of imidazole rings is 1. The van der Waals surface area contributed by atoms with E-state index in [2.05, 4.69) is 9.88 Å². The van der Waals surface area contributed by atoms with Crippen molar-refractivity contribution in [2.45, 2.75) is 12.6 Å². The summed E-state index contributed by atoms with van der Waals surface area (Å²) in [6.45, 7) is 2.68. The van der Waals surface area contributed by atoms with Gasteiger partial charge in [-0.2, -0.15) is 0 Å². The van der Waals surface area contributed by atoms with Gasteiger partial charge < -0.3 is 5.11 Å². The van der Waals surface area contributed by atoms with Crippen molar-refractivity contribution in [3.8, 4) is 11.3 Å². The van der Waals surface area contributed by atoms with Crippen molar-refractivity contribution in [2.75, 3.05) is 26.7 Å². The van der Waals surface area contributed by atoms with Crippen LogP contribution in [0.1, 0.15) is 5.69 Å². The van der Waals surface area contributed by atoms with E-state index in [9.17, 15) is 9.90 Å². The van der Waals surface area contributed by atoms with Gasteiger partial charge in [0.2, 0.25) is 5.78 Å². The molecule has 1 aliphatic rings. The van der Waals surface area contributed by atoms with E-state index < -0.39 is 12.0 Å². The molecule has 3 aromatic rings. The fraction of sp³-hybridized carbons (Fsp3) is 0.316. The van der Waals surface area contributed by atoms with Crippen molar-refractivity contribution >= 4 is 11.7 Å². The fourth-order valence-electron chi connectivity index (χ4n) is 3.47. The Hall–Kier alpha value is -2.77. The highest BCUT2D eigenvalue weighted by molar-refractivity contribution is 5.74. The first-order valence-corrected chi connectivity index (χ1v) is 8.66. The molecule has 134 valence electrons. The van der Waals surface area contributed by atoms with Gasteiger partial charge in [0.05, 0.1) is 11.4 Å². The largest absolute Gasteiger partial charge is 0.480 e. The Morgan fingerprint density at radius 2 is 2.04 bits per heavy atom. The average Bonchev–Trinajstić information content (AvgIpc) is 3.02. The smallest absolute Gasteiger partial charge is 0.322 e. The van der Waals surface area contributed by atoms with Gasteiger partial charge in [0.25, 0.3) is 0 Å². The van der Waals surface area contributed by atoms with Crippen LogP contribution in [0.4, 0.5) is 0 Å². The molecule has 0 radical (unpaired) electrons. The highest BCUT2D eigenvalue weighted by Crippen LogP contribution is 2.25. The van der Waals surface area contributed by atoms with Gasteiger partial charge in [-0.05, 0) is 13.1 Å². The summed E-state index contributed by atoms with van der Waals surface area (Å²) in [6, 6.07) is 11.4. The molecule has 4 rings (SSSR count). The summed E-state index contributed by atoms with van der Waals surface area (Å²) >= 11 is 0. The molecule has 2 aromatic heterocycles. The summed E-state index contributed by atoms with van der Waals surface area (Å²) in [5, 5.41) is 9.46. The van der Waals surface area contributed by atoms with E-state index in [-0.39, 0.29) is 0 Å². The Labute approximate surface area is 151 Å². The minimum atomic E-state index is -0.778. The number of nitrogens with zero attached hydrogens (tertiary/aromatic N) is 5. The number of likely N-dealkylation sites (N-methyl/N-ethyl adjacent to an activating group) is 1. The zero-order valence-electron chi connectivity index (χ0n) is 14.6. The third-order valence-electron chi connectivity index (χ3n) is 4.94. The first-order valence-electron chi connectivity index (χ1n) is 8.66. The Morgan fingerprint density at radius 1 is 1.23 bits per heavy atom. The number of benzene rings is 1. The third kappa shape index (κ3) is 3.07. The van der Waals surface area contributed by atoms with Gasteiger partial charge in [-0.25, -0.2) is 9.97 Å². The van der Waals surface area contributed by atoms with Crippen molar-refractivity contribution in [3.63, 3.8) is 0 Å². The van der Waals surface area contributed by atoms with Crippen LogP contribution < -0.4 is 0 Å². The number of aromatic nitrogens is 3. The van der Waals surface area contributed by atoms with E-state index in [0.29, 0.717) is 18.9 Å². The Bertz CT molecular complexity index is 924. The summed E-state index contributed by atoms with van der Waals surface area (Å²) in [5.41, 5.74) is 2.97. The lowest BCUT2D eigenvalue weighted by molar-refractivity contribution is -0.145. The van der Waals surface area contributed by atoms with Crippen LogP contribution in [-0.2, 0) is 11.3 Å². The molecule has 26 heavy (non-hydrogen) atoms. The Balaban J connectivity index is 1.71. The van der Waals surface area contributed by atoms with Gasteiger partial charge in [-0.3, -0.25) is 19.0 Å².